The average Bonchev–Trinajstić information content (AvgIpc) is 2.62. The molecular weight excluding hydrogens is 192 g/mol. The molecule has 1 aliphatic carbocycles. The summed E-state index contributed by atoms with van der Waals surface area (Å²) in [4.78, 5) is 10.7. The third-order valence-electron chi connectivity index (χ3n) is 1.60. The van der Waals surface area contributed by atoms with E-state index >= 15 is 0 Å². The Kier molecular flexibility index (Phi) is 2.11. The Hall–Kier alpha value is -0.290. The van der Waals surface area contributed by atoms with Gasteiger partial charge < -0.3 is 4.74 Å². The smallest absolute Gasteiger partial charge is 0.310 e. The molecule has 0 heterocycles. The second kappa shape index (κ2) is 2.64. The molecule has 1 fully saturated rings. The molecule has 0 aromatic rings. The van der Waals surface area contributed by atoms with E-state index < -0.39 is 26.2 Å². The van der Waals surface area contributed by atoms with E-state index in [2.05, 4.69) is 4.74 Å². The average molecular weight is 199 g/mol. The number of hydrogen-bond acceptors (Lipinski definition) is 4. The standard InChI is InChI=1S/C5H7ClO4S/c1-10-5(7)3-2-4(3)11(6,8)9/h3-4H,2H2,1H3. The lowest BCUT2D eigenvalue weighted by atomic mass is 10.4. The lowest BCUT2D eigenvalue weighted by Gasteiger charge is -1.93. The zero-order valence-electron chi connectivity index (χ0n) is 5.78. The van der Waals surface area contributed by atoms with Gasteiger partial charge in [-0.05, 0) is 6.42 Å². The van der Waals surface area contributed by atoms with Crippen molar-refractivity contribution in [1.29, 1.82) is 0 Å². The topological polar surface area (TPSA) is 60.4 Å². The summed E-state index contributed by atoms with van der Waals surface area (Å²) in [6.45, 7) is 0. The van der Waals surface area contributed by atoms with Gasteiger partial charge >= 0.3 is 5.97 Å². The Bertz CT molecular complexity index is 270. The Morgan fingerprint density at radius 1 is 1.64 bits per heavy atom. The summed E-state index contributed by atoms with van der Waals surface area (Å²) in [6.07, 6.45) is 0.290. The van der Waals surface area contributed by atoms with Gasteiger partial charge in [0.05, 0.1) is 18.3 Å². The second-order valence-electron chi connectivity index (χ2n) is 2.38. The van der Waals surface area contributed by atoms with E-state index in [4.69, 9.17) is 10.7 Å². The zero-order valence-corrected chi connectivity index (χ0v) is 7.35. The van der Waals surface area contributed by atoms with Gasteiger partial charge in [-0.1, -0.05) is 0 Å². The van der Waals surface area contributed by atoms with E-state index in [9.17, 15) is 13.2 Å². The van der Waals surface area contributed by atoms with E-state index in [1.807, 2.05) is 0 Å². The van der Waals surface area contributed by atoms with Crippen LogP contribution < -0.4 is 0 Å². The SMILES string of the molecule is COC(=O)C1CC1S(=O)(=O)Cl. The van der Waals surface area contributed by atoms with Crippen molar-refractivity contribution in [3.63, 3.8) is 0 Å². The molecule has 0 spiro atoms. The Morgan fingerprint density at radius 3 is 2.45 bits per heavy atom. The molecule has 1 rings (SSSR count). The highest BCUT2D eigenvalue weighted by atomic mass is 35.7. The summed E-state index contributed by atoms with van der Waals surface area (Å²) in [6, 6.07) is 0. The summed E-state index contributed by atoms with van der Waals surface area (Å²) in [5, 5.41) is -0.725. The van der Waals surface area contributed by atoms with Crippen LogP contribution in [0.5, 0.6) is 0 Å². The Labute approximate surface area is 68.9 Å². The number of rotatable bonds is 2. The molecule has 4 nitrogen and oxygen atoms in total. The molecule has 0 bridgehead atoms. The molecule has 1 saturated carbocycles. The van der Waals surface area contributed by atoms with E-state index in [1.54, 1.807) is 0 Å². The van der Waals surface area contributed by atoms with Crippen molar-refractivity contribution in [2.24, 2.45) is 5.92 Å². The fourth-order valence-electron chi connectivity index (χ4n) is 0.882. The molecule has 0 radical (unpaired) electrons. The minimum absolute atomic E-state index is 0.290. The van der Waals surface area contributed by atoms with Crippen molar-refractivity contribution in [2.45, 2.75) is 11.7 Å². The van der Waals surface area contributed by atoms with Crippen molar-refractivity contribution < 1.29 is 17.9 Å². The van der Waals surface area contributed by atoms with Crippen LogP contribution in [0, 0.1) is 5.92 Å². The summed E-state index contributed by atoms with van der Waals surface area (Å²) < 4.78 is 25.5. The van der Waals surface area contributed by atoms with Crippen LogP contribution in [0.3, 0.4) is 0 Å². The number of carbonyl (C=O) groups excluding carboxylic acids is 1. The highest BCUT2D eigenvalue weighted by Crippen LogP contribution is 2.39. The first-order valence-corrected chi connectivity index (χ1v) is 5.35. The summed E-state index contributed by atoms with van der Waals surface area (Å²) in [7, 11) is 2.65. The van der Waals surface area contributed by atoms with Crippen LogP contribution in [0.4, 0.5) is 0 Å². The van der Waals surface area contributed by atoms with Crippen LogP contribution >= 0.6 is 10.7 Å². The predicted molar refractivity (Wildman–Crippen MR) is 38.7 cm³/mol. The maximum absolute atomic E-state index is 10.7. The third kappa shape index (κ3) is 1.84. The number of hydrogen-bond donors (Lipinski definition) is 0. The highest BCUT2D eigenvalue weighted by molar-refractivity contribution is 8.14. The first-order chi connectivity index (χ1) is 4.96. The van der Waals surface area contributed by atoms with Crippen LogP contribution in [0.15, 0.2) is 0 Å². The fraction of sp³-hybridized carbons (Fsp3) is 0.800. The van der Waals surface area contributed by atoms with E-state index in [0.717, 1.165) is 0 Å². The maximum Gasteiger partial charge on any atom is 0.310 e. The second-order valence-corrected chi connectivity index (χ2v) is 5.23. The van der Waals surface area contributed by atoms with Gasteiger partial charge in [-0.25, -0.2) is 8.42 Å². The number of halogens is 1. The van der Waals surface area contributed by atoms with Crippen molar-refractivity contribution in [3.8, 4) is 0 Å². The third-order valence-corrected chi connectivity index (χ3v) is 3.53. The van der Waals surface area contributed by atoms with Gasteiger partial charge in [-0.3, -0.25) is 4.79 Å². The largest absolute Gasteiger partial charge is 0.469 e. The lowest BCUT2D eigenvalue weighted by molar-refractivity contribution is -0.142. The van der Waals surface area contributed by atoms with E-state index in [1.165, 1.54) is 7.11 Å². The van der Waals surface area contributed by atoms with Crippen LogP contribution in [-0.2, 0) is 18.6 Å². The van der Waals surface area contributed by atoms with Gasteiger partial charge in [0.25, 0.3) is 0 Å². The molecule has 0 saturated heterocycles. The maximum atomic E-state index is 10.7. The quantitative estimate of drug-likeness (QED) is 0.467. The number of methoxy groups -OCH3 is 1. The lowest BCUT2D eigenvalue weighted by Crippen LogP contribution is -2.09. The molecule has 0 aromatic heterocycles. The van der Waals surface area contributed by atoms with Gasteiger partial charge in [0.15, 0.2) is 0 Å². The van der Waals surface area contributed by atoms with Crippen LogP contribution in [0.1, 0.15) is 6.42 Å². The highest BCUT2D eigenvalue weighted by Gasteiger charge is 2.52. The molecule has 6 heteroatoms. The monoisotopic (exact) mass is 198 g/mol. The van der Waals surface area contributed by atoms with Crippen molar-refractivity contribution in [1.82, 2.24) is 0 Å². The minimum Gasteiger partial charge on any atom is -0.469 e. The molecular formula is C5H7ClO4S. The Balaban J connectivity index is 2.57. The van der Waals surface area contributed by atoms with Crippen molar-refractivity contribution in [3.05, 3.63) is 0 Å². The summed E-state index contributed by atoms with van der Waals surface area (Å²) in [5.41, 5.74) is 0. The molecule has 64 valence electrons. The number of carbonyl (C=O) groups is 1. The summed E-state index contributed by atoms with van der Waals surface area (Å²) in [5.74, 6) is -1.04. The predicted octanol–water partition coefficient (Wildman–Crippen LogP) is 0.117. The van der Waals surface area contributed by atoms with Gasteiger partial charge in [-0.2, -0.15) is 0 Å². The van der Waals surface area contributed by atoms with E-state index in [-0.39, 0.29) is 0 Å². The summed E-state index contributed by atoms with van der Waals surface area (Å²) >= 11 is 0. The first kappa shape index (κ1) is 8.80. The molecule has 0 aliphatic heterocycles. The van der Waals surface area contributed by atoms with Gasteiger partial charge in [0.1, 0.15) is 0 Å². The van der Waals surface area contributed by atoms with Crippen LogP contribution in [0.25, 0.3) is 0 Å². The molecule has 2 atom stereocenters. The molecule has 0 aromatic carbocycles. The normalized spacial score (nSPS) is 29.6. The van der Waals surface area contributed by atoms with Gasteiger partial charge in [-0.15, -0.1) is 0 Å². The van der Waals surface area contributed by atoms with Crippen molar-refractivity contribution >= 4 is 25.7 Å². The molecule has 1 aliphatic rings. The van der Waals surface area contributed by atoms with Crippen LogP contribution in [-0.4, -0.2) is 26.7 Å². The molecule has 11 heavy (non-hydrogen) atoms. The Morgan fingerprint density at radius 2 is 2.18 bits per heavy atom. The minimum atomic E-state index is -3.56. The molecule has 0 amide bonds. The molecule has 2 unspecified atom stereocenters. The number of ether oxygens (including phenoxy) is 1. The first-order valence-electron chi connectivity index (χ1n) is 2.98. The van der Waals surface area contributed by atoms with Crippen LogP contribution in [0.2, 0.25) is 0 Å². The fourth-order valence-corrected chi connectivity index (χ4v) is 2.41. The number of esters is 1. The zero-order chi connectivity index (χ0) is 8.65. The van der Waals surface area contributed by atoms with Crippen molar-refractivity contribution in [2.75, 3.05) is 7.11 Å². The molecule has 0 N–H and O–H groups in total. The van der Waals surface area contributed by atoms with Gasteiger partial charge in [0.2, 0.25) is 9.05 Å². The van der Waals surface area contributed by atoms with E-state index in [0.29, 0.717) is 6.42 Å². The van der Waals surface area contributed by atoms with Gasteiger partial charge in [0, 0.05) is 10.7 Å².